The van der Waals surface area contributed by atoms with Gasteiger partial charge in [0.05, 0.1) is 6.10 Å². The zero-order valence-corrected chi connectivity index (χ0v) is 13.8. The molecular weight excluding hydrogens is 284 g/mol. The van der Waals surface area contributed by atoms with Crippen molar-refractivity contribution >= 4 is 22.0 Å². The third-order valence-corrected chi connectivity index (χ3v) is 4.49. The van der Waals surface area contributed by atoms with Crippen LogP contribution < -0.4 is 15.8 Å². The van der Waals surface area contributed by atoms with Crippen LogP contribution in [0, 0.1) is 11.3 Å². The molecule has 1 fully saturated rings. The van der Waals surface area contributed by atoms with Gasteiger partial charge in [-0.15, -0.1) is 11.3 Å². The number of ether oxygens (including phenoxy) is 1. The standard InChI is InChI=1S/C15H24N4OS/c1-10(2)20-14-13(17)12(8-16)21-15(14)18-11(3)9-19-6-4-5-7-19/h10-11,18H,4-7,9,17H2,1-3H3. The zero-order valence-electron chi connectivity index (χ0n) is 13.0. The molecule has 0 aromatic carbocycles. The first-order chi connectivity index (χ1) is 10.0. The van der Waals surface area contributed by atoms with Crippen LogP contribution in [0.25, 0.3) is 0 Å². The molecule has 0 amide bonds. The number of nitrogen functional groups attached to an aromatic ring is 1. The number of hydrogen-bond acceptors (Lipinski definition) is 6. The number of thiophene rings is 1. The topological polar surface area (TPSA) is 74.3 Å². The van der Waals surface area contributed by atoms with Crippen molar-refractivity contribution in [2.24, 2.45) is 0 Å². The van der Waals surface area contributed by atoms with Crippen LogP contribution in [-0.2, 0) is 0 Å². The number of likely N-dealkylation sites (tertiary alicyclic amines) is 1. The summed E-state index contributed by atoms with van der Waals surface area (Å²) in [5, 5.41) is 13.5. The number of anilines is 2. The summed E-state index contributed by atoms with van der Waals surface area (Å²) in [6, 6.07) is 2.43. The Morgan fingerprint density at radius 3 is 2.62 bits per heavy atom. The van der Waals surface area contributed by atoms with E-state index < -0.39 is 0 Å². The highest BCUT2D eigenvalue weighted by Crippen LogP contribution is 2.43. The van der Waals surface area contributed by atoms with Crippen LogP contribution in [0.1, 0.15) is 38.5 Å². The fourth-order valence-electron chi connectivity index (χ4n) is 2.58. The second-order valence-electron chi connectivity index (χ2n) is 5.83. The third kappa shape index (κ3) is 4.02. The molecule has 1 aliphatic rings. The van der Waals surface area contributed by atoms with Crippen molar-refractivity contribution in [2.75, 3.05) is 30.7 Å². The normalized spacial score (nSPS) is 16.9. The van der Waals surface area contributed by atoms with Crippen LogP contribution in [-0.4, -0.2) is 36.7 Å². The van der Waals surface area contributed by atoms with E-state index in [0.29, 0.717) is 22.4 Å². The van der Waals surface area contributed by atoms with Gasteiger partial charge in [-0.1, -0.05) is 0 Å². The van der Waals surface area contributed by atoms with Gasteiger partial charge >= 0.3 is 0 Å². The number of nitrogens with one attached hydrogen (secondary N) is 1. The summed E-state index contributed by atoms with van der Waals surface area (Å²) >= 11 is 1.37. The van der Waals surface area contributed by atoms with Gasteiger partial charge < -0.3 is 20.7 Å². The Labute approximate surface area is 130 Å². The average molecular weight is 308 g/mol. The van der Waals surface area contributed by atoms with Crippen LogP contribution in [0.5, 0.6) is 5.75 Å². The van der Waals surface area contributed by atoms with E-state index in [9.17, 15) is 0 Å². The second kappa shape index (κ2) is 7.01. The van der Waals surface area contributed by atoms with E-state index in [0.717, 1.165) is 11.5 Å². The summed E-state index contributed by atoms with van der Waals surface area (Å²) in [7, 11) is 0. The highest BCUT2D eigenvalue weighted by atomic mass is 32.1. The van der Waals surface area contributed by atoms with Gasteiger partial charge in [-0.3, -0.25) is 0 Å². The van der Waals surface area contributed by atoms with E-state index in [-0.39, 0.29) is 6.10 Å². The van der Waals surface area contributed by atoms with Crippen molar-refractivity contribution in [3.05, 3.63) is 4.88 Å². The van der Waals surface area contributed by atoms with Crippen molar-refractivity contribution in [2.45, 2.75) is 45.8 Å². The SMILES string of the molecule is CC(CN1CCCC1)Nc1sc(C#N)c(N)c1OC(C)C. The lowest BCUT2D eigenvalue weighted by Crippen LogP contribution is -2.32. The molecule has 0 radical (unpaired) electrons. The zero-order chi connectivity index (χ0) is 15.4. The number of nitriles is 1. The fraction of sp³-hybridized carbons (Fsp3) is 0.667. The Balaban J connectivity index is 2.08. The molecule has 6 heteroatoms. The van der Waals surface area contributed by atoms with Crippen molar-refractivity contribution in [1.29, 1.82) is 5.26 Å². The van der Waals surface area contributed by atoms with Gasteiger partial charge in [0.25, 0.3) is 0 Å². The molecule has 1 aliphatic heterocycles. The molecule has 116 valence electrons. The van der Waals surface area contributed by atoms with Crippen molar-refractivity contribution in [3.63, 3.8) is 0 Å². The fourth-order valence-corrected chi connectivity index (χ4v) is 3.54. The average Bonchev–Trinajstić information content (AvgIpc) is 3.01. The van der Waals surface area contributed by atoms with E-state index in [4.69, 9.17) is 15.7 Å². The van der Waals surface area contributed by atoms with Crippen molar-refractivity contribution < 1.29 is 4.74 Å². The predicted molar refractivity (Wildman–Crippen MR) is 88.0 cm³/mol. The second-order valence-corrected chi connectivity index (χ2v) is 6.86. The molecule has 1 atom stereocenters. The molecule has 21 heavy (non-hydrogen) atoms. The van der Waals surface area contributed by atoms with Gasteiger partial charge in [-0.05, 0) is 46.7 Å². The third-order valence-electron chi connectivity index (χ3n) is 3.46. The maximum Gasteiger partial charge on any atom is 0.178 e. The Bertz CT molecular complexity index is 514. The molecule has 2 heterocycles. The van der Waals surface area contributed by atoms with Crippen molar-refractivity contribution in [1.82, 2.24) is 4.90 Å². The van der Waals surface area contributed by atoms with Gasteiger partial charge in [-0.25, -0.2) is 0 Å². The van der Waals surface area contributed by atoms with Gasteiger partial charge in [0, 0.05) is 12.6 Å². The summed E-state index contributed by atoms with van der Waals surface area (Å²) < 4.78 is 5.79. The molecule has 5 nitrogen and oxygen atoms in total. The summed E-state index contributed by atoms with van der Waals surface area (Å²) in [4.78, 5) is 2.98. The summed E-state index contributed by atoms with van der Waals surface area (Å²) in [5.41, 5.74) is 6.47. The Kier molecular flexibility index (Phi) is 5.32. The summed E-state index contributed by atoms with van der Waals surface area (Å²) in [6.07, 6.45) is 2.61. The molecule has 0 aliphatic carbocycles. The lowest BCUT2D eigenvalue weighted by atomic mass is 10.3. The first-order valence-corrected chi connectivity index (χ1v) is 8.30. The van der Waals surface area contributed by atoms with Gasteiger partial charge in [0.1, 0.15) is 21.6 Å². The number of hydrogen-bond donors (Lipinski definition) is 2. The van der Waals surface area contributed by atoms with E-state index in [1.807, 2.05) is 13.8 Å². The van der Waals surface area contributed by atoms with Crippen LogP contribution >= 0.6 is 11.3 Å². The molecule has 1 saturated heterocycles. The Hall–Kier alpha value is -1.45. The molecule has 2 rings (SSSR count). The molecule has 1 unspecified atom stereocenters. The number of rotatable bonds is 6. The summed E-state index contributed by atoms with van der Waals surface area (Å²) in [5.74, 6) is 0.625. The minimum Gasteiger partial charge on any atom is -0.486 e. The van der Waals surface area contributed by atoms with Crippen LogP contribution in [0.4, 0.5) is 10.7 Å². The van der Waals surface area contributed by atoms with Crippen LogP contribution in [0.2, 0.25) is 0 Å². The van der Waals surface area contributed by atoms with Gasteiger partial charge in [-0.2, -0.15) is 5.26 Å². The Morgan fingerprint density at radius 1 is 1.38 bits per heavy atom. The van der Waals surface area contributed by atoms with Crippen LogP contribution in [0.15, 0.2) is 0 Å². The lowest BCUT2D eigenvalue weighted by Gasteiger charge is -2.22. The van der Waals surface area contributed by atoms with E-state index >= 15 is 0 Å². The van der Waals surface area contributed by atoms with Gasteiger partial charge in [0.2, 0.25) is 0 Å². The minimum absolute atomic E-state index is 0.0304. The van der Waals surface area contributed by atoms with Gasteiger partial charge in [0.15, 0.2) is 5.75 Å². The smallest absolute Gasteiger partial charge is 0.178 e. The largest absolute Gasteiger partial charge is 0.486 e. The molecule has 1 aromatic heterocycles. The molecule has 0 spiro atoms. The molecule has 0 bridgehead atoms. The van der Waals surface area contributed by atoms with E-state index in [1.165, 1.54) is 37.3 Å². The first kappa shape index (κ1) is 15.9. The Morgan fingerprint density at radius 2 is 2.05 bits per heavy atom. The van der Waals surface area contributed by atoms with Crippen LogP contribution in [0.3, 0.4) is 0 Å². The molecular formula is C15H24N4OS. The van der Waals surface area contributed by atoms with Crippen molar-refractivity contribution in [3.8, 4) is 11.8 Å². The van der Waals surface area contributed by atoms with E-state index in [2.05, 4.69) is 23.2 Å². The highest BCUT2D eigenvalue weighted by molar-refractivity contribution is 7.17. The number of nitrogens with two attached hydrogens (primary N) is 1. The molecule has 0 saturated carbocycles. The first-order valence-electron chi connectivity index (χ1n) is 7.49. The molecule has 1 aromatic rings. The number of nitrogens with zero attached hydrogens (tertiary/aromatic N) is 2. The minimum atomic E-state index is 0.0304. The molecule has 3 N–H and O–H groups in total. The predicted octanol–water partition coefficient (Wildman–Crippen LogP) is 2.89. The lowest BCUT2D eigenvalue weighted by molar-refractivity contribution is 0.245. The maximum atomic E-state index is 9.14. The summed E-state index contributed by atoms with van der Waals surface area (Å²) in [6.45, 7) is 9.43. The quantitative estimate of drug-likeness (QED) is 0.845. The van der Waals surface area contributed by atoms with E-state index in [1.54, 1.807) is 0 Å². The highest BCUT2D eigenvalue weighted by Gasteiger charge is 2.21. The maximum absolute atomic E-state index is 9.14. The monoisotopic (exact) mass is 308 g/mol.